The molecule has 3 rings (SSSR count). The third-order valence-electron chi connectivity index (χ3n) is 3.66. The second kappa shape index (κ2) is 5.64. The van der Waals surface area contributed by atoms with Crippen molar-refractivity contribution < 1.29 is 19.1 Å². The van der Waals surface area contributed by atoms with Gasteiger partial charge in [-0.1, -0.05) is 42.5 Å². The van der Waals surface area contributed by atoms with Gasteiger partial charge in [-0.2, -0.15) is 0 Å². The van der Waals surface area contributed by atoms with Crippen LogP contribution in [0.15, 0.2) is 42.5 Å². The number of ether oxygens (including phenoxy) is 2. The second-order valence-electron chi connectivity index (χ2n) is 5.25. The Morgan fingerprint density at radius 3 is 2.41 bits per heavy atom. The molecule has 0 spiro atoms. The first-order valence-electron chi connectivity index (χ1n) is 7.10. The molecule has 2 aromatic rings. The Morgan fingerprint density at radius 2 is 1.68 bits per heavy atom. The molecule has 1 aliphatic rings. The van der Waals surface area contributed by atoms with E-state index in [-0.39, 0.29) is 0 Å². The maximum absolute atomic E-state index is 11.4. The molecular formula is C18H16O4. The zero-order valence-corrected chi connectivity index (χ0v) is 12.4. The fraction of sp³-hybridized carbons (Fsp3) is 0.222. The lowest BCUT2D eigenvalue weighted by atomic mass is 9.89. The molecule has 0 aliphatic heterocycles. The number of fused-ring (bicyclic) bond motifs is 3. The predicted molar refractivity (Wildman–Crippen MR) is 83.0 cm³/mol. The van der Waals surface area contributed by atoms with Gasteiger partial charge in [0.2, 0.25) is 0 Å². The molecule has 0 unspecified atom stereocenters. The molecule has 0 aromatic heterocycles. The molecule has 0 radical (unpaired) electrons. The van der Waals surface area contributed by atoms with Crippen LogP contribution in [0.4, 0.5) is 0 Å². The molecule has 0 fully saturated rings. The number of hydrogen-bond acceptors (Lipinski definition) is 4. The molecule has 22 heavy (non-hydrogen) atoms. The van der Waals surface area contributed by atoms with Crippen LogP contribution in [-0.4, -0.2) is 18.0 Å². The van der Waals surface area contributed by atoms with Gasteiger partial charge < -0.3 is 9.47 Å². The summed E-state index contributed by atoms with van der Waals surface area (Å²) < 4.78 is 10.7. The van der Waals surface area contributed by atoms with Crippen molar-refractivity contribution in [3.63, 3.8) is 0 Å². The highest BCUT2D eigenvalue weighted by molar-refractivity contribution is 5.93. The predicted octanol–water partition coefficient (Wildman–Crippen LogP) is 3.40. The van der Waals surface area contributed by atoms with Crippen LogP contribution >= 0.6 is 0 Å². The summed E-state index contributed by atoms with van der Waals surface area (Å²) in [6.45, 7) is 2.69. The lowest BCUT2D eigenvalue weighted by Crippen LogP contribution is -2.28. The Morgan fingerprint density at radius 1 is 0.955 bits per heavy atom. The third-order valence-corrected chi connectivity index (χ3v) is 3.66. The topological polar surface area (TPSA) is 52.6 Å². The molecule has 4 heteroatoms. The molecule has 1 aliphatic carbocycles. The lowest BCUT2D eigenvalue weighted by molar-refractivity contribution is -0.162. The molecule has 112 valence electrons. The van der Waals surface area contributed by atoms with Gasteiger partial charge in [-0.15, -0.1) is 0 Å². The number of benzene rings is 2. The summed E-state index contributed by atoms with van der Waals surface area (Å²) in [6, 6.07) is 11.9. The van der Waals surface area contributed by atoms with Crippen LogP contribution in [0.5, 0.6) is 0 Å². The highest BCUT2D eigenvalue weighted by Gasteiger charge is 2.31. The molecule has 0 bridgehead atoms. The Balaban J connectivity index is 2.12. The minimum Gasteiger partial charge on any atom is -0.454 e. The van der Waals surface area contributed by atoms with E-state index in [1.807, 2.05) is 42.5 Å². The van der Waals surface area contributed by atoms with Crippen LogP contribution in [0.1, 0.15) is 31.1 Å². The van der Waals surface area contributed by atoms with Crippen molar-refractivity contribution in [1.29, 1.82) is 0 Å². The number of hydrogen-bond donors (Lipinski definition) is 0. The van der Waals surface area contributed by atoms with Crippen molar-refractivity contribution in [2.45, 2.75) is 26.1 Å². The van der Waals surface area contributed by atoms with E-state index in [1.165, 1.54) is 13.8 Å². The number of carbonyl (C=O) groups is 2. The van der Waals surface area contributed by atoms with Crippen molar-refractivity contribution >= 4 is 28.8 Å². The fourth-order valence-electron chi connectivity index (χ4n) is 2.82. The van der Waals surface area contributed by atoms with Crippen LogP contribution in [0.25, 0.3) is 16.8 Å². The van der Waals surface area contributed by atoms with Gasteiger partial charge in [0.15, 0.2) is 12.2 Å². The van der Waals surface area contributed by atoms with Gasteiger partial charge in [0.05, 0.1) is 0 Å². The highest BCUT2D eigenvalue weighted by atomic mass is 16.6. The normalized spacial score (nSPS) is 19.5. The van der Waals surface area contributed by atoms with Crippen molar-refractivity contribution in [3.05, 3.63) is 53.6 Å². The van der Waals surface area contributed by atoms with Gasteiger partial charge in [-0.25, -0.2) is 0 Å². The van der Waals surface area contributed by atoms with E-state index < -0.39 is 24.1 Å². The molecule has 2 atom stereocenters. The molecule has 0 heterocycles. The summed E-state index contributed by atoms with van der Waals surface area (Å²) >= 11 is 0. The second-order valence-corrected chi connectivity index (χ2v) is 5.25. The Kier molecular flexibility index (Phi) is 3.67. The highest BCUT2D eigenvalue weighted by Crippen LogP contribution is 2.36. The lowest BCUT2D eigenvalue weighted by Gasteiger charge is -2.29. The summed E-state index contributed by atoms with van der Waals surface area (Å²) in [7, 11) is 0. The van der Waals surface area contributed by atoms with Crippen LogP contribution in [-0.2, 0) is 19.1 Å². The van der Waals surface area contributed by atoms with E-state index in [1.54, 1.807) is 6.08 Å². The Hall–Kier alpha value is -2.62. The average molecular weight is 296 g/mol. The van der Waals surface area contributed by atoms with E-state index >= 15 is 0 Å². The van der Waals surface area contributed by atoms with E-state index in [0.717, 1.165) is 21.9 Å². The largest absolute Gasteiger partial charge is 0.454 e. The van der Waals surface area contributed by atoms with Gasteiger partial charge in [-0.05, 0) is 22.4 Å². The maximum Gasteiger partial charge on any atom is 0.303 e. The quantitative estimate of drug-likeness (QED) is 0.797. The number of esters is 2. The molecule has 0 N–H and O–H groups in total. The molecular weight excluding hydrogens is 280 g/mol. The number of rotatable bonds is 2. The summed E-state index contributed by atoms with van der Waals surface area (Å²) in [5.41, 5.74) is 1.84. The van der Waals surface area contributed by atoms with Gasteiger partial charge in [0, 0.05) is 19.4 Å². The van der Waals surface area contributed by atoms with E-state index in [0.29, 0.717) is 0 Å². The van der Waals surface area contributed by atoms with Gasteiger partial charge in [-0.3, -0.25) is 9.59 Å². The third kappa shape index (κ3) is 2.60. The summed E-state index contributed by atoms with van der Waals surface area (Å²) in [5, 5.41) is 2.19. The first-order chi connectivity index (χ1) is 10.6. The van der Waals surface area contributed by atoms with Crippen LogP contribution in [0, 0.1) is 0 Å². The molecule has 0 amide bonds. The zero-order chi connectivity index (χ0) is 15.7. The van der Waals surface area contributed by atoms with Crippen LogP contribution in [0.3, 0.4) is 0 Å². The minimum atomic E-state index is -0.619. The van der Waals surface area contributed by atoms with Gasteiger partial charge >= 0.3 is 11.9 Å². The van der Waals surface area contributed by atoms with Crippen molar-refractivity contribution in [2.24, 2.45) is 0 Å². The van der Waals surface area contributed by atoms with Crippen molar-refractivity contribution in [2.75, 3.05) is 0 Å². The SMILES string of the molecule is CC(=O)O[C@@H]1c2ccc3ccccc3c2C=C[C@H]1OC(C)=O. The zero-order valence-electron chi connectivity index (χ0n) is 12.4. The smallest absolute Gasteiger partial charge is 0.303 e. The van der Waals surface area contributed by atoms with Gasteiger partial charge in [0.25, 0.3) is 0 Å². The van der Waals surface area contributed by atoms with Crippen molar-refractivity contribution in [3.8, 4) is 0 Å². The molecule has 0 saturated heterocycles. The fourth-order valence-corrected chi connectivity index (χ4v) is 2.82. The average Bonchev–Trinajstić information content (AvgIpc) is 2.48. The Bertz CT molecular complexity index is 776. The summed E-state index contributed by atoms with van der Waals surface area (Å²) in [5.74, 6) is -0.812. The van der Waals surface area contributed by atoms with Gasteiger partial charge in [0.1, 0.15) is 0 Å². The van der Waals surface area contributed by atoms with Crippen molar-refractivity contribution in [1.82, 2.24) is 0 Å². The Labute approximate surface area is 128 Å². The van der Waals surface area contributed by atoms with E-state index in [4.69, 9.17) is 9.47 Å². The summed E-state index contributed by atoms with van der Waals surface area (Å²) in [6.07, 6.45) is 2.47. The maximum atomic E-state index is 11.4. The monoisotopic (exact) mass is 296 g/mol. The molecule has 2 aromatic carbocycles. The first kappa shape index (κ1) is 14.3. The van der Waals surface area contributed by atoms with E-state index in [2.05, 4.69) is 0 Å². The molecule has 4 nitrogen and oxygen atoms in total. The van der Waals surface area contributed by atoms with Crippen LogP contribution in [0.2, 0.25) is 0 Å². The first-order valence-corrected chi connectivity index (χ1v) is 7.10. The molecule has 0 saturated carbocycles. The van der Waals surface area contributed by atoms with Crippen LogP contribution < -0.4 is 0 Å². The standard InChI is InChI=1S/C18H16O4/c1-11(19)21-17-10-9-15-14-6-4-3-5-13(14)7-8-16(15)18(17)22-12(2)20/h3-10,17-18H,1-2H3/t17-,18-/m1/s1. The summed E-state index contributed by atoms with van der Waals surface area (Å²) in [4.78, 5) is 22.7. The number of carbonyl (C=O) groups excluding carboxylic acids is 2. The minimum absolute atomic E-state index is 0.406. The van der Waals surface area contributed by atoms with E-state index in [9.17, 15) is 9.59 Å².